The average molecular weight is 396 g/mol. The molecule has 144 valence electrons. The summed E-state index contributed by atoms with van der Waals surface area (Å²) < 4.78 is 0. The lowest BCUT2D eigenvalue weighted by Crippen LogP contribution is -2.53. The van der Waals surface area contributed by atoms with Gasteiger partial charge in [-0.1, -0.05) is 48.5 Å². The molecule has 1 unspecified atom stereocenters. The molecule has 5 N–H and O–H groups in total. The maximum atomic E-state index is 12.1. The third kappa shape index (κ3) is 5.78. The van der Waals surface area contributed by atoms with Gasteiger partial charge in [0.25, 0.3) is 5.91 Å². The summed E-state index contributed by atoms with van der Waals surface area (Å²) in [5.41, 5.74) is 12.2. The molecule has 8 nitrogen and oxygen atoms in total. The number of aliphatic imine (C=N–C) groups is 1. The summed E-state index contributed by atoms with van der Waals surface area (Å²) in [6.45, 7) is 0. The second-order valence-corrected chi connectivity index (χ2v) is 6.47. The van der Waals surface area contributed by atoms with E-state index in [9.17, 15) is 9.59 Å². The number of para-hydroxylation sites is 1. The largest absolute Gasteiger partial charge is 0.331 e. The fourth-order valence-electron chi connectivity index (χ4n) is 2.55. The molecule has 1 aliphatic rings. The molecule has 1 atom stereocenters. The van der Waals surface area contributed by atoms with E-state index in [1.807, 2.05) is 60.7 Å². The molecule has 9 heteroatoms. The second-order valence-electron chi connectivity index (χ2n) is 6.07. The normalized spacial score (nSPS) is 15.5. The number of hydrogen-bond acceptors (Lipinski definition) is 5. The molecule has 3 rings (SSSR count). The minimum absolute atomic E-state index is 0.104. The van der Waals surface area contributed by atoms with E-state index >= 15 is 0 Å². The SMILES string of the molecule is O=C(CC1N=C(Cc2ccccc2)NNC1=O)NNC(=S)Nc1ccccc1. The van der Waals surface area contributed by atoms with Gasteiger partial charge < -0.3 is 5.32 Å². The Labute approximate surface area is 167 Å². The lowest BCUT2D eigenvalue weighted by molar-refractivity contribution is -0.128. The number of hydrazine groups is 2. The molecule has 1 heterocycles. The molecule has 0 aliphatic carbocycles. The highest BCUT2D eigenvalue weighted by Gasteiger charge is 2.25. The van der Waals surface area contributed by atoms with Crippen LogP contribution in [-0.4, -0.2) is 28.8 Å². The van der Waals surface area contributed by atoms with Crippen LogP contribution in [0.5, 0.6) is 0 Å². The van der Waals surface area contributed by atoms with Gasteiger partial charge >= 0.3 is 0 Å². The number of hydrogen-bond donors (Lipinski definition) is 5. The van der Waals surface area contributed by atoms with Crippen LogP contribution in [0.4, 0.5) is 5.69 Å². The summed E-state index contributed by atoms with van der Waals surface area (Å²) in [7, 11) is 0. The molecule has 0 saturated carbocycles. The Kier molecular flexibility index (Phi) is 6.53. The number of nitrogens with zero attached hydrogens (tertiary/aromatic N) is 1. The minimum atomic E-state index is -0.808. The number of anilines is 1. The molecule has 0 aromatic heterocycles. The summed E-state index contributed by atoms with van der Waals surface area (Å²) in [5, 5.41) is 3.17. The second kappa shape index (κ2) is 9.47. The van der Waals surface area contributed by atoms with Crippen LogP contribution in [0.1, 0.15) is 12.0 Å². The van der Waals surface area contributed by atoms with Crippen LogP contribution < -0.4 is 27.0 Å². The van der Waals surface area contributed by atoms with Gasteiger partial charge in [-0.2, -0.15) is 0 Å². The Morgan fingerprint density at radius 1 is 1.00 bits per heavy atom. The smallest absolute Gasteiger partial charge is 0.263 e. The number of carbonyl (C=O) groups is 2. The van der Waals surface area contributed by atoms with Gasteiger partial charge in [-0.05, 0) is 29.9 Å². The van der Waals surface area contributed by atoms with Crippen molar-refractivity contribution in [2.75, 3.05) is 5.32 Å². The number of carbonyl (C=O) groups excluding carboxylic acids is 2. The summed E-state index contributed by atoms with van der Waals surface area (Å²) in [6.07, 6.45) is 0.426. The van der Waals surface area contributed by atoms with Crippen molar-refractivity contribution in [3.8, 4) is 0 Å². The lowest BCUT2D eigenvalue weighted by atomic mass is 10.1. The van der Waals surface area contributed by atoms with Crippen molar-refractivity contribution in [1.82, 2.24) is 21.7 Å². The molecular weight excluding hydrogens is 376 g/mol. The average Bonchev–Trinajstić information content (AvgIpc) is 2.70. The summed E-state index contributed by atoms with van der Waals surface area (Å²) >= 11 is 5.12. The number of rotatable bonds is 5. The van der Waals surface area contributed by atoms with E-state index in [4.69, 9.17) is 12.2 Å². The van der Waals surface area contributed by atoms with Gasteiger partial charge in [0.1, 0.15) is 11.9 Å². The first-order valence-corrected chi connectivity index (χ1v) is 9.08. The predicted molar refractivity (Wildman–Crippen MR) is 111 cm³/mol. The highest BCUT2D eigenvalue weighted by atomic mass is 32.1. The zero-order valence-electron chi connectivity index (χ0n) is 14.9. The van der Waals surface area contributed by atoms with E-state index in [1.54, 1.807) is 0 Å². The first-order valence-electron chi connectivity index (χ1n) is 8.67. The van der Waals surface area contributed by atoms with Crippen LogP contribution in [0, 0.1) is 0 Å². The van der Waals surface area contributed by atoms with Gasteiger partial charge in [-0.3, -0.25) is 36.3 Å². The fraction of sp³-hybridized carbons (Fsp3) is 0.158. The molecule has 0 saturated heterocycles. The van der Waals surface area contributed by atoms with E-state index in [0.29, 0.717) is 12.3 Å². The number of amides is 2. The van der Waals surface area contributed by atoms with Crippen LogP contribution >= 0.6 is 12.2 Å². The first-order chi connectivity index (χ1) is 13.6. The summed E-state index contributed by atoms with van der Waals surface area (Å²) in [5.74, 6) is -0.170. The van der Waals surface area contributed by atoms with E-state index in [2.05, 4.69) is 32.0 Å². The number of nitrogens with one attached hydrogen (secondary N) is 5. The molecule has 0 radical (unpaired) electrons. The van der Waals surface area contributed by atoms with Crippen LogP contribution in [0.2, 0.25) is 0 Å². The van der Waals surface area contributed by atoms with E-state index < -0.39 is 11.9 Å². The number of benzene rings is 2. The van der Waals surface area contributed by atoms with Crippen LogP contribution in [0.25, 0.3) is 0 Å². The van der Waals surface area contributed by atoms with Gasteiger partial charge in [-0.15, -0.1) is 0 Å². The highest BCUT2D eigenvalue weighted by molar-refractivity contribution is 7.80. The molecule has 0 fully saturated rings. The third-order valence-corrected chi connectivity index (χ3v) is 4.09. The Hall–Kier alpha value is -3.46. The predicted octanol–water partition coefficient (Wildman–Crippen LogP) is 1.04. The molecule has 0 bridgehead atoms. The number of amidine groups is 1. The lowest BCUT2D eigenvalue weighted by Gasteiger charge is -2.22. The van der Waals surface area contributed by atoms with Crippen LogP contribution in [0.3, 0.4) is 0 Å². The monoisotopic (exact) mass is 396 g/mol. The van der Waals surface area contributed by atoms with Crippen molar-refractivity contribution >= 4 is 40.7 Å². The Morgan fingerprint density at radius 3 is 2.39 bits per heavy atom. The zero-order valence-corrected chi connectivity index (χ0v) is 15.8. The summed E-state index contributed by atoms with van der Waals surface area (Å²) in [4.78, 5) is 28.5. The molecule has 2 amide bonds. The minimum Gasteiger partial charge on any atom is -0.331 e. The van der Waals surface area contributed by atoms with Crippen molar-refractivity contribution in [2.45, 2.75) is 18.9 Å². The van der Waals surface area contributed by atoms with Crippen molar-refractivity contribution in [2.24, 2.45) is 4.99 Å². The fourth-order valence-corrected chi connectivity index (χ4v) is 2.72. The maximum Gasteiger partial charge on any atom is 0.263 e. The zero-order chi connectivity index (χ0) is 19.8. The molecule has 1 aliphatic heterocycles. The van der Waals surface area contributed by atoms with E-state index in [0.717, 1.165) is 11.3 Å². The Balaban J connectivity index is 1.49. The Bertz CT molecular complexity index is 873. The number of thiocarbonyl (C=S) groups is 1. The molecule has 2 aromatic carbocycles. The standard InChI is InChI=1S/C19H20N6O2S/c26-17(23-25-19(28)20-14-9-5-2-6-10-14)12-15-18(27)24-22-16(21-15)11-13-7-3-1-4-8-13/h1-10,15H,11-12H2,(H,21,22)(H,23,26)(H,24,27)(H2,20,25,28). The van der Waals surface area contributed by atoms with Gasteiger partial charge in [0.2, 0.25) is 5.91 Å². The van der Waals surface area contributed by atoms with Gasteiger partial charge in [0, 0.05) is 12.1 Å². The topological polar surface area (TPSA) is 107 Å². The van der Waals surface area contributed by atoms with Crippen molar-refractivity contribution in [1.29, 1.82) is 0 Å². The third-order valence-electron chi connectivity index (χ3n) is 3.88. The first kappa shape index (κ1) is 19.3. The van der Waals surface area contributed by atoms with Gasteiger partial charge in [0.05, 0.1) is 6.42 Å². The summed E-state index contributed by atoms with van der Waals surface area (Å²) in [6, 6.07) is 18.2. The maximum absolute atomic E-state index is 12.1. The van der Waals surface area contributed by atoms with Gasteiger partial charge in [-0.25, -0.2) is 0 Å². The Morgan fingerprint density at radius 2 is 1.68 bits per heavy atom. The molecular formula is C19H20N6O2S. The van der Waals surface area contributed by atoms with Crippen LogP contribution in [-0.2, 0) is 16.0 Å². The van der Waals surface area contributed by atoms with Gasteiger partial charge in [0.15, 0.2) is 5.11 Å². The van der Waals surface area contributed by atoms with Crippen molar-refractivity contribution < 1.29 is 9.59 Å². The molecule has 2 aromatic rings. The quantitative estimate of drug-likeness (QED) is 0.382. The van der Waals surface area contributed by atoms with Crippen LogP contribution in [0.15, 0.2) is 65.7 Å². The van der Waals surface area contributed by atoms with Crippen molar-refractivity contribution in [3.05, 3.63) is 66.2 Å². The van der Waals surface area contributed by atoms with Crippen molar-refractivity contribution in [3.63, 3.8) is 0 Å². The van der Waals surface area contributed by atoms with E-state index in [1.165, 1.54) is 0 Å². The molecule has 28 heavy (non-hydrogen) atoms. The highest BCUT2D eigenvalue weighted by Crippen LogP contribution is 2.07. The van der Waals surface area contributed by atoms with E-state index in [-0.39, 0.29) is 17.4 Å². The molecule has 0 spiro atoms.